The van der Waals surface area contributed by atoms with Crippen molar-refractivity contribution in [1.29, 1.82) is 0 Å². The number of nitrogens with two attached hydrogens (primary N) is 1. The Hall–Kier alpha value is -1.26. The van der Waals surface area contributed by atoms with Crippen molar-refractivity contribution in [3.8, 4) is 0 Å². The number of nitrogens with zero attached hydrogens (tertiary/aromatic N) is 1. The van der Waals surface area contributed by atoms with Gasteiger partial charge >= 0.3 is 5.97 Å². The first-order valence-electron chi connectivity index (χ1n) is 5.84. The third-order valence-corrected chi connectivity index (χ3v) is 5.73. The lowest BCUT2D eigenvalue weighted by molar-refractivity contribution is -0.138. The van der Waals surface area contributed by atoms with Gasteiger partial charge in [0.1, 0.15) is 6.04 Å². The average Bonchev–Trinajstić information content (AvgIpc) is 2.82. The van der Waals surface area contributed by atoms with E-state index >= 15 is 0 Å². The number of aromatic nitrogens is 1. The third kappa shape index (κ3) is 3.89. The van der Waals surface area contributed by atoms with Crippen molar-refractivity contribution in [2.24, 2.45) is 5.73 Å². The van der Waals surface area contributed by atoms with Gasteiger partial charge in [-0.1, -0.05) is 11.6 Å². The van der Waals surface area contributed by atoms with Crippen LogP contribution in [0.5, 0.6) is 0 Å². The van der Waals surface area contributed by atoms with Gasteiger partial charge in [0.25, 0.3) is 10.0 Å². The number of benzene rings is 1. The minimum atomic E-state index is -3.79. The second kappa shape index (κ2) is 6.24. The first-order chi connectivity index (χ1) is 9.79. The Kier molecular flexibility index (Phi) is 4.79. The zero-order valence-electron chi connectivity index (χ0n) is 10.6. The molecule has 0 aliphatic carbocycles. The molecule has 0 spiro atoms. The highest BCUT2D eigenvalue weighted by atomic mass is 35.5. The van der Waals surface area contributed by atoms with E-state index in [9.17, 15) is 13.2 Å². The maximum absolute atomic E-state index is 12.1. The van der Waals surface area contributed by atoms with Crippen LogP contribution in [0.2, 0.25) is 5.02 Å². The summed E-state index contributed by atoms with van der Waals surface area (Å²) < 4.78 is 27.0. The van der Waals surface area contributed by atoms with Crippen molar-refractivity contribution in [2.45, 2.75) is 16.8 Å². The predicted molar refractivity (Wildman–Crippen MR) is 80.0 cm³/mol. The Labute approximate surface area is 129 Å². The molecule has 0 saturated heterocycles. The maximum atomic E-state index is 12.1. The van der Waals surface area contributed by atoms with Crippen LogP contribution in [0, 0.1) is 0 Å². The van der Waals surface area contributed by atoms with Crippen molar-refractivity contribution in [2.75, 3.05) is 6.54 Å². The summed E-state index contributed by atoms with van der Waals surface area (Å²) in [5.41, 5.74) is 5.80. The summed E-state index contributed by atoms with van der Waals surface area (Å²) in [6, 6.07) is 3.81. The number of aliphatic carboxylic acids is 1. The molecule has 1 heterocycles. The van der Waals surface area contributed by atoms with Crippen LogP contribution in [0.3, 0.4) is 0 Å². The van der Waals surface area contributed by atoms with E-state index in [0.29, 0.717) is 15.2 Å². The van der Waals surface area contributed by atoms with Gasteiger partial charge in [0.15, 0.2) is 0 Å². The molecular formula is C11H12ClN3O4S2. The molecule has 10 heteroatoms. The number of carbonyl (C=O) groups is 1. The highest BCUT2D eigenvalue weighted by Gasteiger charge is 2.20. The fourth-order valence-electron chi connectivity index (χ4n) is 1.53. The standard InChI is InChI=1S/C11H12ClN3O4S2/c12-6-1-2-9-8(5-6)15-11(20-9)21(18,19)14-4-3-7(13)10(16)17/h1-2,5,7,14H,3-4,13H2,(H,16,17). The van der Waals surface area contributed by atoms with Gasteiger partial charge in [-0.2, -0.15) is 0 Å². The monoisotopic (exact) mass is 349 g/mol. The Morgan fingerprint density at radius 1 is 1.52 bits per heavy atom. The van der Waals surface area contributed by atoms with Gasteiger partial charge in [-0.25, -0.2) is 18.1 Å². The van der Waals surface area contributed by atoms with Gasteiger partial charge in [0, 0.05) is 11.6 Å². The summed E-state index contributed by atoms with van der Waals surface area (Å²) in [6.45, 7) is -0.0769. The Morgan fingerprint density at radius 3 is 2.90 bits per heavy atom. The molecule has 21 heavy (non-hydrogen) atoms. The van der Waals surface area contributed by atoms with Crippen LogP contribution in [0.25, 0.3) is 10.2 Å². The van der Waals surface area contributed by atoms with E-state index in [4.69, 9.17) is 22.4 Å². The van der Waals surface area contributed by atoms with Crippen LogP contribution in [0.1, 0.15) is 6.42 Å². The van der Waals surface area contributed by atoms with Crippen LogP contribution < -0.4 is 10.5 Å². The first-order valence-corrected chi connectivity index (χ1v) is 8.51. The molecule has 0 aliphatic rings. The molecule has 1 aromatic carbocycles. The predicted octanol–water partition coefficient (Wildman–Crippen LogP) is 1.03. The van der Waals surface area contributed by atoms with Gasteiger partial charge in [-0.05, 0) is 24.6 Å². The van der Waals surface area contributed by atoms with Crippen LogP contribution in [-0.4, -0.2) is 37.1 Å². The fraction of sp³-hybridized carbons (Fsp3) is 0.273. The molecule has 0 aliphatic heterocycles. The van der Waals surface area contributed by atoms with Gasteiger partial charge in [-0.15, -0.1) is 11.3 Å². The fourth-order valence-corrected chi connectivity index (χ4v) is 3.99. The van der Waals surface area contributed by atoms with E-state index in [0.717, 1.165) is 11.3 Å². The van der Waals surface area contributed by atoms with Crippen LogP contribution >= 0.6 is 22.9 Å². The Bertz CT molecular complexity index is 775. The molecule has 0 amide bonds. The summed E-state index contributed by atoms with van der Waals surface area (Å²) >= 11 is 6.83. The van der Waals surface area contributed by atoms with Crippen LogP contribution in [0.4, 0.5) is 0 Å². The lowest BCUT2D eigenvalue weighted by atomic mass is 10.2. The van der Waals surface area contributed by atoms with E-state index in [1.54, 1.807) is 18.2 Å². The number of hydrogen-bond acceptors (Lipinski definition) is 6. The molecule has 0 saturated carbocycles. The van der Waals surface area contributed by atoms with E-state index in [-0.39, 0.29) is 17.3 Å². The number of rotatable bonds is 6. The summed E-state index contributed by atoms with van der Waals surface area (Å²) in [5, 5.41) is 9.09. The number of fused-ring (bicyclic) bond motifs is 1. The smallest absolute Gasteiger partial charge is 0.320 e. The quantitative estimate of drug-likeness (QED) is 0.715. The lowest BCUT2D eigenvalue weighted by Gasteiger charge is -2.06. The Balaban J connectivity index is 2.12. The van der Waals surface area contributed by atoms with E-state index < -0.39 is 22.0 Å². The molecule has 1 atom stereocenters. The number of carboxylic acid groups (broad SMARTS) is 1. The molecule has 7 nitrogen and oxygen atoms in total. The minimum Gasteiger partial charge on any atom is -0.480 e. The summed E-state index contributed by atoms with van der Waals surface area (Å²) in [6.07, 6.45) is -0.00864. The van der Waals surface area contributed by atoms with E-state index in [1.165, 1.54) is 0 Å². The number of carboxylic acids is 1. The molecule has 1 unspecified atom stereocenters. The molecule has 114 valence electrons. The van der Waals surface area contributed by atoms with Crippen LogP contribution in [0.15, 0.2) is 22.5 Å². The van der Waals surface area contributed by atoms with Crippen molar-refractivity contribution in [1.82, 2.24) is 9.71 Å². The zero-order chi connectivity index (χ0) is 15.6. The second-order valence-electron chi connectivity index (χ2n) is 4.22. The van der Waals surface area contributed by atoms with Gasteiger partial charge < -0.3 is 10.8 Å². The summed E-state index contributed by atoms with van der Waals surface area (Å²) in [7, 11) is -3.79. The Morgan fingerprint density at radius 2 is 2.24 bits per heavy atom. The first kappa shape index (κ1) is 16.1. The zero-order valence-corrected chi connectivity index (χ0v) is 13.0. The van der Waals surface area contributed by atoms with Crippen molar-refractivity contribution in [3.63, 3.8) is 0 Å². The minimum absolute atomic E-state index is 0.00864. The average molecular weight is 350 g/mol. The highest BCUT2D eigenvalue weighted by Crippen LogP contribution is 2.27. The van der Waals surface area contributed by atoms with Crippen molar-refractivity contribution in [3.05, 3.63) is 23.2 Å². The summed E-state index contributed by atoms with van der Waals surface area (Å²) in [4.78, 5) is 14.6. The third-order valence-electron chi connectivity index (χ3n) is 2.62. The highest BCUT2D eigenvalue weighted by molar-refractivity contribution is 7.91. The van der Waals surface area contributed by atoms with Gasteiger partial charge in [-0.3, -0.25) is 4.79 Å². The van der Waals surface area contributed by atoms with Crippen LogP contribution in [-0.2, 0) is 14.8 Å². The number of nitrogens with one attached hydrogen (secondary N) is 1. The lowest BCUT2D eigenvalue weighted by Crippen LogP contribution is -2.35. The van der Waals surface area contributed by atoms with E-state index in [2.05, 4.69) is 9.71 Å². The second-order valence-corrected chi connectivity index (χ2v) is 7.63. The molecule has 0 bridgehead atoms. The normalized spacial score (nSPS) is 13.4. The molecule has 0 radical (unpaired) electrons. The van der Waals surface area contributed by atoms with Crippen molar-refractivity contribution < 1.29 is 18.3 Å². The number of thiazole rings is 1. The van der Waals surface area contributed by atoms with Gasteiger partial charge in [0.2, 0.25) is 4.34 Å². The van der Waals surface area contributed by atoms with Crippen molar-refractivity contribution >= 4 is 49.1 Å². The molecule has 0 fully saturated rings. The number of hydrogen-bond donors (Lipinski definition) is 3. The SMILES string of the molecule is NC(CCNS(=O)(=O)c1nc2cc(Cl)ccc2s1)C(=O)O. The molecule has 2 aromatic rings. The summed E-state index contributed by atoms with van der Waals surface area (Å²) in [5.74, 6) is -1.18. The molecule has 1 aromatic heterocycles. The molecule has 4 N–H and O–H groups in total. The van der Waals surface area contributed by atoms with Gasteiger partial charge in [0.05, 0.1) is 10.2 Å². The molecule has 2 rings (SSSR count). The maximum Gasteiger partial charge on any atom is 0.320 e. The van der Waals surface area contributed by atoms with E-state index in [1.807, 2.05) is 0 Å². The topological polar surface area (TPSA) is 122 Å². The number of sulfonamides is 1. The number of halogens is 1. The largest absolute Gasteiger partial charge is 0.480 e. The molecular weight excluding hydrogens is 338 g/mol.